The van der Waals surface area contributed by atoms with E-state index in [-0.39, 0.29) is 5.91 Å². The molecule has 1 saturated carbocycles. The Hall–Kier alpha value is -0.570. The third-order valence-electron chi connectivity index (χ3n) is 2.65. The fourth-order valence-corrected chi connectivity index (χ4v) is 1.80. The lowest BCUT2D eigenvalue weighted by molar-refractivity contribution is -0.128. The second kappa shape index (κ2) is 3.90. The van der Waals surface area contributed by atoms with Crippen molar-refractivity contribution in [1.82, 2.24) is 4.90 Å². The van der Waals surface area contributed by atoms with Crippen LogP contribution < -0.4 is 5.73 Å². The lowest BCUT2D eigenvalue weighted by Crippen LogP contribution is -2.29. The van der Waals surface area contributed by atoms with Gasteiger partial charge in [-0.2, -0.15) is 0 Å². The van der Waals surface area contributed by atoms with E-state index in [9.17, 15) is 4.79 Å². The third kappa shape index (κ3) is 2.48. The number of hydrogen-bond acceptors (Lipinski definition) is 2. The van der Waals surface area contributed by atoms with Crippen molar-refractivity contribution in [3.8, 4) is 0 Å². The van der Waals surface area contributed by atoms with E-state index in [0.717, 1.165) is 19.4 Å². The Morgan fingerprint density at radius 2 is 2.25 bits per heavy atom. The Bertz CT molecular complexity index is 170. The van der Waals surface area contributed by atoms with Crippen LogP contribution in [0.2, 0.25) is 0 Å². The van der Waals surface area contributed by atoms with Crippen LogP contribution in [0.3, 0.4) is 0 Å². The average Bonchev–Trinajstić information content (AvgIpc) is 2.35. The monoisotopic (exact) mass is 170 g/mol. The zero-order valence-corrected chi connectivity index (χ0v) is 7.92. The average molecular weight is 170 g/mol. The molecule has 0 bridgehead atoms. The maximum Gasteiger partial charge on any atom is 0.219 e. The molecule has 0 heterocycles. The van der Waals surface area contributed by atoms with Gasteiger partial charge in [-0.05, 0) is 25.2 Å². The quantitative estimate of drug-likeness (QED) is 0.659. The molecule has 0 radical (unpaired) electrons. The fraction of sp³-hybridized carbons (Fsp3) is 0.889. The zero-order chi connectivity index (χ0) is 9.14. The van der Waals surface area contributed by atoms with Gasteiger partial charge in [0, 0.05) is 26.6 Å². The van der Waals surface area contributed by atoms with Crippen molar-refractivity contribution in [2.45, 2.75) is 32.2 Å². The number of nitrogens with two attached hydrogens (primary N) is 1. The van der Waals surface area contributed by atoms with Crippen molar-refractivity contribution < 1.29 is 4.79 Å². The summed E-state index contributed by atoms with van der Waals surface area (Å²) in [6.07, 6.45) is 3.38. The fourth-order valence-electron chi connectivity index (χ4n) is 1.80. The van der Waals surface area contributed by atoms with Crippen molar-refractivity contribution in [3.05, 3.63) is 0 Å². The summed E-state index contributed by atoms with van der Waals surface area (Å²) in [5.41, 5.74) is 5.77. The molecular formula is C9H18N2O. The maximum absolute atomic E-state index is 10.9. The SMILES string of the molecule is CC(=O)N(C)CC1CCC(N)C1. The van der Waals surface area contributed by atoms with Crippen LogP contribution in [-0.2, 0) is 4.79 Å². The van der Waals surface area contributed by atoms with Gasteiger partial charge in [0.2, 0.25) is 5.91 Å². The normalized spacial score (nSPS) is 28.9. The van der Waals surface area contributed by atoms with Crippen LogP contribution in [0.5, 0.6) is 0 Å². The van der Waals surface area contributed by atoms with E-state index in [1.165, 1.54) is 6.42 Å². The molecule has 0 saturated heterocycles. The largest absolute Gasteiger partial charge is 0.346 e. The van der Waals surface area contributed by atoms with Gasteiger partial charge in [-0.15, -0.1) is 0 Å². The molecule has 0 aromatic heterocycles. The number of carbonyl (C=O) groups excluding carboxylic acids is 1. The molecule has 12 heavy (non-hydrogen) atoms. The topological polar surface area (TPSA) is 46.3 Å². The highest BCUT2D eigenvalue weighted by atomic mass is 16.2. The maximum atomic E-state index is 10.9. The van der Waals surface area contributed by atoms with Gasteiger partial charge in [-0.1, -0.05) is 0 Å². The van der Waals surface area contributed by atoms with Gasteiger partial charge >= 0.3 is 0 Å². The highest BCUT2D eigenvalue weighted by molar-refractivity contribution is 5.72. The number of carbonyl (C=O) groups is 1. The van der Waals surface area contributed by atoms with Crippen LogP contribution in [0.15, 0.2) is 0 Å². The summed E-state index contributed by atoms with van der Waals surface area (Å²) >= 11 is 0. The molecule has 0 aliphatic heterocycles. The molecular weight excluding hydrogens is 152 g/mol. The van der Waals surface area contributed by atoms with Crippen LogP contribution >= 0.6 is 0 Å². The first-order valence-corrected chi connectivity index (χ1v) is 4.57. The number of hydrogen-bond donors (Lipinski definition) is 1. The van der Waals surface area contributed by atoms with Gasteiger partial charge in [0.05, 0.1) is 0 Å². The molecule has 1 amide bonds. The van der Waals surface area contributed by atoms with E-state index in [2.05, 4.69) is 0 Å². The van der Waals surface area contributed by atoms with Crippen LogP contribution in [0.4, 0.5) is 0 Å². The standard InChI is InChI=1S/C9H18N2O/c1-7(12)11(2)6-8-3-4-9(10)5-8/h8-9H,3-6,10H2,1-2H3. The molecule has 70 valence electrons. The first-order valence-electron chi connectivity index (χ1n) is 4.57. The van der Waals surface area contributed by atoms with Gasteiger partial charge in [0.15, 0.2) is 0 Å². The lowest BCUT2D eigenvalue weighted by Gasteiger charge is -2.19. The Labute approximate surface area is 73.9 Å². The molecule has 1 aliphatic carbocycles. The highest BCUT2D eigenvalue weighted by Crippen LogP contribution is 2.24. The Balaban J connectivity index is 2.27. The zero-order valence-electron chi connectivity index (χ0n) is 7.92. The molecule has 3 heteroatoms. The van der Waals surface area contributed by atoms with E-state index < -0.39 is 0 Å². The minimum absolute atomic E-state index is 0.149. The van der Waals surface area contributed by atoms with Gasteiger partial charge in [0.25, 0.3) is 0 Å². The summed E-state index contributed by atoms with van der Waals surface area (Å²) in [6.45, 7) is 2.48. The molecule has 1 aliphatic rings. The third-order valence-corrected chi connectivity index (χ3v) is 2.65. The molecule has 0 aromatic rings. The summed E-state index contributed by atoms with van der Waals surface area (Å²) in [6, 6.07) is 0.371. The minimum atomic E-state index is 0.149. The molecule has 2 unspecified atom stereocenters. The van der Waals surface area contributed by atoms with E-state index in [1.807, 2.05) is 7.05 Å². The van der Waals surface area contributed by atoms with Crippen molar-refractivity contribution in [3.63, 3.8) is 0 Å². The molecule has 1 fully saturated rings. The molecule has 1 rings (SSSR count). The van der Waals surface area contributed by atoms with Gasteiger partial charge in [-0.25, -0.2) is 0 Å². The molecule has 0 spiro atoms. The smallest absolute Gasteiger partial charge is 0.219 e. The van der Waals surface area contributed by atoms with E-state index in [0.29, 0.717) is 12.0 Å². The Morgan fingerprint density at radius 3 is 2.67 bits per heavy atom. The van der Waals surface area contributed by atoms with Crippen molar-refractivity contribution in [2.75, 3.05) is 13.6 Å². The predicted octanol–water partition coefficient (Wildman–Crippen LogP) is 0.592. The van der Waals surface area contributed by atoms with E-state index >= 15 is 0 Å². The Morgan fingerprint density at radius 1 is 1.58 bits per heavy atom. The van der Waals surface area contributed by atoms with Crippen molar-refractivity contribution >= 4 is 5.91 Å². The Kier molecular flexibility index (Phi) is 3.09. The van der Waals surface area contributed by atoms with Crippen LogP contribution in [0.1, 0.15) is 26.2 Å². The predicted molar refractivity (Wildman–Crippen MR) is 48.6 cm³/mol. The lowest BCUT2D eigenvalue weighted by atomic mass is 10.1. The first kappa shape index (κ1) is 9.52. The highest BCUT2D eigenvalue weighted by Gasteiger charge is 2.23. The molecule has 3 nitrogen and oxygen atoms in total. The summed E-state index contributed by atoms with van der Waals surface area (Å²) in [5.74, 6) is 0.782. The number of nitrogens with zero attached hydrogens (tertiary/aromatic N) is 1. The second-order valence-corrected chi connectivity index (χ2v) is 3.84. The summed E-state index contributed by atoms with van der Waals surface area (Å²) in [4.78, 5) is 12.7. The summed E-state index contributed by atoms with van der Waals surface area (Å²) in [7, 11) is 1.85. The van der Waals surface area contributed by atoms with Crippen LogP contribution in [0, 0.1) is 5.92 Å². The molecule has 0 aromatic carbocycles. The number of amides is 1. The summed E-state index contributed by atoms with van der Waals surface area (Å²) < 4.78 is 0. The summed E-state index contributed by atoms with van der Waals surface area (Å²) in [5, 5.41) is 0. The van der Waals surface area contributed by atoms with Gasteiger partial charge in [0.1, 0.15) is 0 Å². The van der Waals surface area contributed by atoms with Crippen molar-refractivity contribution in [2.24, 2.45) is 11.7 Å². The molecule has 2 atom stereocenters. The van der Waals surface area contributed by atoms with Crippen LogP contribution in [0.25, 0.3) is 0 Å². The van der Waals surface area contributed by atoms with E-state index in [1.54, 1.807) is 11.8 Å². The van der Waals surface area contributed by atoms with E-state index in [4.69, 9.17) is 5.73 Å². The van der Waals surface area contributed by atoms with Gasteiger partial charge in [-0.3, -0.25) is 4.79 Å². The van der Waals surface area contributed by atoms with Crippen LogP contribution in [-0.4, -0.2) is 30.4 Å². The molecule has 2 N–H and O–H groups in total. The van der Waals surface area contributed by atoms with Crippen molar-refractivity contribution in [1.29, 1.82) is 0 Å². The second-order valence-electron chi connectivity index (χ2n) is 3.84. The number of rotatable bonds is 2. The first-order chi connectivity index (χ1) is 5.59. The van der Waals surface area contributed by atoms with Gasteiger partial charge < -0.3 is 10.6 Å². The minimum Gasteiger partial charge on any atom is -0.346 e.